The molecule has 0 aliphatic carbocycles. The van der Waals surface area contributed by atoms with Crippen molar-refractivity contribution in [1.29, 1.82) is 0 Å². The van der Waals surface area contributed by atoms with Gasteiger partial charge in [-0.15, -0.1) is 11.3 Å². The van der Waals surface area contributed by atoms with Crippen LogP contribution in [0.15, 0.2) is 39.6 Å². The summed E-state index contributed by atoms with van der Waals surface area (Å²) >= 11 is 7.32. The van der Waals surface area contributed by atoms with Crippen molar-refractivity contribution in [3.63, 3.8) is 0 Å². The van der Waals surface area contributed by atoms with Crippen LogP contribution < -0.4 is 15.2 Å². The summed E-state index contributed by atoms with van der Waals surface area (Å²) in [5.41, 5.74) is 0.559. The van der Waals surface area contributed by atoms with Gasteiger partial charge in [-0.05, 0) is 30.3 Å². The number of rotatable bonds is 7. The molecule has 2 aromatic heterocycles. The average molecular weight is 424 g/mol. The summed E-state index contributed by atoms with van der Waals surface area (Å²) in [6.45, 7) is 0.184. The highest BCUT2D eigenvalue weighted by Crippen LogP contribution is 2.31. The zero-order chi connectivity index (χ0) is 20.3. The highest BCUT2D eigenvalue weighted by Gasteiger charge is 2.20. The third-order valence-electron chi connectivity index (χ3n) is 4.07. The van der Waals surface area contributed by atoms with E-state index in [2.05, 4.69) is 5.16 Å². The molecule has 8 nitrogen and oxygen atoms in total. The van der Waals surface area contributed by atoms with Gasteiger partial charge in [-0.1, -0.05) is 16.8 Å². The smallest absolute Gasteiger partial charge is 0.442 e. The first kappa shape index (κ1) is 20.0. The van der Waals surface area contributed by atoms with E-state index < -0.39 is 5.76 Å². The predicted octanol–water partition coefficient (Wildman–Crippen LogP) is 2.89. The minimum Gasteiger partial charge on any atom is -0.493 e. The number of carbonyl (C=O) groups excluding carboxylic acids is 1. The lowest BCUT2D eigenvalue weighted by Crippen LogP contribution is -2.32. The molecule has 0 saturated heterocycles. The highest BCUT2D eigenvalue weighted by atomic mass is 35.5. The molecule has 0 bridgehead atoms. The van der Waals surface area contributed by atoms with Crippen molar-refractivity contribution in [2.24, 2.45) is 0 Å². The second-order valence-corrected chi connectivity index (χ2v) is 7.68. The number of carbonyl (C=O) groups is 1. The van der Waals surface area contributed by atoms with E-state index in [1.54, 1.807) is 31.3 Å². The van der Waals surface area contributed by atoms with Crippen molar-refractivity contribution in [3.05, 3.63) is 50.1 Å². The van der Waals surface area contributed by atoms with Crippen LogP contribution in [0.1, 0.15) is 4.88 Å². The number of likely N-dealkylation sites (N-methyl/N-ethyl adjacent to an activating group) is 1. The van der Waals surface area contributed by atoms with Crippen molar-refractivity contribution >= 4 is 28.8 Å². The molecule has 148 valence electrons. The fraction of sp³-hybridized carbons (Fsp3) is 0.278. The number of benzene rings is 1. The lowest BCUT2D eigenvalue weighted by molar-refractivity contribution is -0.131. The summed E-state index contributed by atoms with van der Waals surface area (Å²) in [6.07, 6.45) is 0. The minimum atomic E-state index is -0.717. The Morgan fingerprint density at radius 3 is 2.64 bits per heavy atom. The Labute approximate surface area is 169 Å². The predicted molar refractivity (Wildman–Crippen MR) is 105 cm³/mol. The van der Waals surface area contributed by atoms with Gasteiger partial charge in [0.25, 0.3) is 0 Å². The van der Waals surface area contributed by atoms with Gasteiger partial charge in [0.05, 0.1) is 25.1 Å². The number of ether oxygens (including phenoxy) is 2. The van der Waals surface area contributed by atoms with Gasteiger partial charge in [0.2, 0.25) is 5.91 Å². The largest absolute Gasteiger partial charge is 0.493 e. The van der Waals surface area contributed by atoms with E-state index >= 15 is 0 Å². The standard InChI is InChI=1S/C18H18ClN3O5S/c1-21(9-12-5-7-15(19)28-12)16(23)10-22-17(20-27-18(22)24)11-4-6-13(25-2)14(8-11)26-3/h4-8H,9-10H2,1-3H3. The van der Waals surface area contributed by atoms with Crippen LogP contribution in [0.3, 0.4) is 0 Å². The third kappa shape index (κ3) is 4.20. The van der Waals surface area contributed by atoms with Crippen LogP contribution in [0.5, 0.6) is 11.5 Å². The fourth-order valence-corrected chi connectivity index (χ4v) is 3.75. The van der Waals surface area contributed by atoms with Gasteiger partial charge in [-0.3, -0.25) is 9.32 Å². The van der Waals surface area contributed by atoms with Gasteiger partial charge in [0, 0.05) is 17.5 Å². The van der Waals surface area contributed by atoms with Crippen LogP contribution in [0.25, 0.3) is 11.4 Å². The van der Waals surface area contributed by atoms with Crippen molar-refractivity contribution in [3.8, 4) is 22.9 Å². The lowest BCUT2D eigenvalue weighted by atomic mass is 10.2. The summed E-state index contributed by atoms with van der Waals surface area (Å²) in [4.78, 5) is 27.2. The Morgan fingerprint density at radius 1 is 1.25 bits per heavy atom. The summed E-state index contributed by atoms with van der Waals surface area (Å²) < 4.78 is 17.1. The van der Waals surface area contributed by atoms with Gasteiger partial charge in [-0.25, -0.2) is 9.36 Å². The molecule has 0 N–H and O–H groups in total. The number of nitrogens with zero attached hydrogens (tertiary/aromatic N) is 3. The second kappa shape index (κ2) is 8.49. The van der Waals surface area contributed by atoms with E-state index in [4.69, 9.17) is 25.6 Å². The number of aromatic nitrogens is 2. The van der Waals surface area contributed by atoms with Crippen LogP contribution >= 0.6 is 22.9 Å². The highest BCUT2D eigenvalue weighted by molar-refractivity contribution is 7.16. The lowest BCUT2D eigenvalue weighted by Gasteiger charge is -2.16. The SMILES string of the molecule is COc1ccc(-c2noc(=O)n2CC(=O)N(C)Cc2ccc(Cl)s2)cc1OC. The van der Waals surface area contributed by atoms with E-state index in [-0.39, 0.29) is 18.3 Å². The van der Waals surface area contributed by atoms with E-state index in [1.807, 2.05) is 6.07 Å². The monoisotopic (exact) mass is 423 g/mol. The molecular formula is C18H18ClN3O5S. The molecule has 1 aromatic carbocycles. The van der Waals surface area contributed by atoms with Crippen molar-refractivity contribution in [2.45, 2.75) is 13.1 Å². The number of thiophene rings is 1. The topological polar surface area (TPSA) is 86.8 Å². The molecule has 2 heterocycles. The zero-order valence-corrected chi connectivity index (χ0v) is 17.0. The molecule has 3 rings (SSSR count). The van der Waals surface area contributed by atoms with Crippen LogP contribution in [0.4, 0.5) is 0 Å². The molecule has 1 amide bonds. The molecule has 0 saturated carbocycles. The Balaban J connectivity index is 1.83. The van der Waals surface area contributed by atoms with Crippen LogP contribution in [0.2, 0.25) is 4.34 Å². The number of hydrogen-bond acceptors (Lipinski definition) is 7. The van der Waals surface area contributed by atoms with E-state index in [9.17, 15) is 9.59 Å². The van der Waals surface area contributed by atoms with Crippen LogP contribution in [0, 0.1) is 0 Å². The molecule has 0 aliphatic heterocycles. The molecule has 0 unspecified atom stereocenters. The summed E-state index contributed by atoms with van der Waals surface area (Å²) in [6, 6.07) is 8.69. The minimum absolute atomic E-state index is 0.207. The quantitative estimate of drug-likeness (QED) is 0.580. The summed E-state index contributed by atoms with van der Waals surface area (Å²) in [7, 11) is 4.69. The zero-order valence-electron chi connectivity index (χ0n) is 15.5. The molecule has 0 fully saturated rings. The number of methoxy groups -OCH3 is 2. The maximum atomic E-state index is 12.6. The number of hydrogen-bond donors (Lipinski definition) is 0. The molecule has 0 spiro atoms. The van der Waals surface area contributed by atoms with Gasteiger partial charge >= 0.3 is 5.76 Å². The van der Waals surface area contributed by atoms with Crippen molar-refractivity contribution in [1.82, 2.24) is 14.6 Å². The van der Waals surface area contributed by atoms with Gasteiger partial charge in [0.1, 0.15) is 6.54 Å². The molecule has 0 aliphatic rings. The van der Waals surface area contributed by atoms with Crippen LogP contribution in [-0.4, -0.2) is 41.8 Å². The first-order chi connectivity index (χ1) is 13.4. The van der Waals surface area contributed by atoms with Gasteiger partial charge < -0.3 is 14.4 Å². The van der Waals surface area contributed by atoms with Crippen molar-refractivity contribution in [2.75, 3.05) is 21.3 Å². The van der Waals surface area contributed by atoms with Gasteiger partial charge in [0.15, 0.2) is 17.3 Å². The average Bonchev–Trinajstić information content (AvgIpc) is 3.26. The first-order valence-corrected chi connectivity index (χ1v) is 9.39. The van der Waals surface area contributed by atoms with Crippen molar-refractivity contribution < 1.29 is 18.8 Å². The molecular weight excluding hydrogens is 406 g/mol. The Morgan fingerprint density at radius 2 is 2.00 bits per heavy atom. The molecule has 28 heavy (non-hydrogen) atoms. The third-order valence-corrected chi connectivity index (χ3v) is 5.28. The normalized spacial score (nSPS) is 10.7. The molecule has 10 heteroatoms. The van der Waals surface area contributed by atoms with E-state index in [1.165, 1.54) is 35.0 Å². The Kier molecular flexibility index (Phi) is 6.05. The second-order valence-electron chi connectivity index (χ2n) is 5.88. The summed E-state index contributed by atoms with van der Waals surface area (Å²) in [5.74, 6) is 0.253. The maximum Gasteiger partial charge on any atom is 0.442 e. The summed E-state index contributed by atoms with van der Waals surface area (Å²) in [5, 5.41) is 3.81. The first-order valence-electron chi connectivity index (χ1n) is 8.20. The fourth-order valence-electron chi connectivity index (χ4n) is 2.61. The van der Waals surface area contributed by atoms with Crippen LogP contribution in [-0.2, 0) is 17.9 Å². The molecule has 3 aromatic rings. The van der Waals surface area contributed by atoms with E-state index in [0.717, 1.165) is 4.88 Å². The maximum absolute atomic E-state index is 12.6. The number of amides is 1. The van der Waals surface area contributed by atoms with E-state index in [0.29, 0.717) is 27.9 Å². The molecule has 0 atom stereocenters. The van der Waals surface area contributed by atoms with Gasteiger partial charge in [-0.2, -0.15) is 0 Å². The number of halogens is 1. The molecule has 0 radical (unpaired) electrons. The Bertz CT molecular complexity index is 1040. The Hall–Kier alpha value is -2.78.